The van der Waals surface area contributed by atoms with Gasteiger partial charge in [-0.1, -0.05) is 30.3 Å². The van der Waals surface area contributed by atoms with Crippen LogP contribution in [0.15, 0.2) is 35.7 Å². The van der Waals surface area contributed by atoms with Gasteiger partial charge in [0, 0.05) is 0 Å². The second-order valence-electron chi connectivity index (χ2n) is 1.90. The molecule has 62 valence electrons. The lowest BCUT2D eigenvalue weighted by Gasteiger charge is -1.88. The van der Waals surface area contributed by atoms with Gasteiger partial charge in [-0.05, 0) is 5.56 Å². The molecule has 0 radical (unpaired) electrons. The van der Waals surface area contributed by atoms with Gasteiger partial charge in [-0.25, -0.2) is 0 Å². The Morgan fingerprint density at radius 3 is 2.33 bits per heavy atom. The largest absolute Gasteiger partial charge is 0.379 e. The predicted molar refractivity (Wildman–Crippen MR) is 43.3 cm³/mol. The zero-order valence-electron chi connectivity index (χ0n) is 6.34. The molecule has 4 heteroatoms. The lowest BCUT2D eigenvalue weighted by Crippen LogP contribution is -1.76. The molecule has 1 rings (SSSR count). The van der Waals surface area contributed by atoms with E-state index in [1.165, 1.54) is 5.34 Å². The fraction of sp³-hybridized carbons (Fsp3) is 0.125. The molecule has 0 aromatic heterocycles. The first-order valence-electron chi connectivity index (χ1n) is 3.22. The summed E-state index contributed by atoms with van der Waals surface area (Å²) in [4.78, 5) is 8.11. The maximum Gasteiger partial charge on any atom is 0.152 e. The number of nitriles is 1. The van der Waals surface area contributed by atoms with Gasteiger partial charge < -0.3 is 5.21 Å². The molecule has 0 saturated heterocycles. The SMILES string of the molecule is N#CCc1ccccc1.O=NO. The van der Waals surface area contributed by atoms with E-state index in [2.05, 4.69) is 6.07 Å². The van der Waals surface area contributed by atoms with Crippen LogP contribution in [0.2, 0.25) is 0 Å². The average Bonchev–Trinajstić information content (AvgIpc) is 2.08. The van der Waals surface area contributed by atoms with Gasteiger partial charge in [0.05, 0.1) is 12.5 Å². The van der Waals surface area contributed by atoms with Crippen LogP contribution < -0.4 is 0 Å². The standard InChI is InChI=1S/C8H7N.HNO2/c9-7-6-8-4-2-1-3-5-8;2-1-3/h1-5H,6H2;(H,2,3). The van der Waals surface area contributed by atoms with Crippen molar-refractivity contribution in [3.05, 3.63) is 40.8 Å². The Bertz CT molecular complexity index is 254. The van der Waals surface area contributed by atoms with Crippen molar-refractivity contribution in [2.75, 3.05) is 0 Å². The van der Waals surface area contributed by atoms with Gasteiger partial charge in [-0.15, -0.1) is 4.91 Å². The number of hydrogen-bond acceptors (Lipinski definition) is 3. The zero-order chi connectivity index (χ0) is 9.23. The van der Waals surface area contributed by atoms with Crippen molar-refractivity contribution in [3.63, 3.8) is 0 Å². The predicted octanol–water partition coefficient (Wildman–Crippen LogP) is 1.89. The van der Waals surface area contributed by atoms with Crippen LogP contribution in [0.1, 0.15) is 5.56 Å². The zero-order valence-corrected chi connectivity index (χ0v) is 6.34. The van der Waals surface area contributed by atoms with Crippen molar-refractivity contribution in [1.82, 2.24) is 0 Å². The van der Waals surface area contributed by atoms with Gasteiger partial charge in [0.2, 0.25) is 0 Å². The number of nitrogens with zero attached hydrogens (tertiary/aromatic N) is 2. The molecule has 0 unspecified atom stereocenters. The molecular weight excluding hydrogens is 156 g/mol. The van der Waals surface area contributed by atoms with Crippen molar-refractivity contribution in [2.24, 2.45) is 5.34 Å². The molecule has 1 N–H and O–H groups in total. The van der Waals surface area contributed by atoms with E-state index in [1.54, 1.807) is 0 Å². The maximum absolute atomic E-state index is 8.27. The van der Waals surface area contributed by atoms with Crippen molar-refractivity contribution < 1.29 is 5.21 Å². The lowest BCUT2D eigenvalue weighted by atomic mass is 10.2. The van der Waals surface area contributed by atoms with Crippen LogP contribution in [0.3, 0.4) is 0 Å². The van der Waals surface area contributed by atoms with E-state index in [0.29, 0.717) is 6.42 Å². The molecule has 0 amide bonds. The summed E-state index contributed by atoms with van der Waals surface area (Å²) < 4.78 is 0. The first-order valence-corrected chi connectivity index (χ1v) is 3.22. The molecule has 0 aliphatic heterocycles. The molecule has 12 heavy (non-hydrogen) atoms. The minimum Gasteiger partial charge on any atom is -0.379 e. The van der Waals surface area contributed by atoms with Crippen molar-refractivity contribution in [1.29, 1.82) is 5.26 Å². The molecule has 0 spiro atoms. The molecule has 0 aliphatic rings. The minimum atomic E-state index is 0.515. The lowest BCUT2D eigenvalue weighted by molar-refractivity contribution is 0.312. The summed E-state index contributed by atoms with van der Waals surface area (Å²) in [7, 11) is 0. The summed E-state index contributed by atoms with van der Waals surface area (Å²) in [5.41, 5.74) is 1.08. The molecule has 0 aliphatic carbocycles. The third-order valence-electron chi connectivity index (χ3n) is 1.13. The molecule has 0 bridgehead atoms. The van der Waals surface area contributed by atoms with Gasteiger partial charge in [0.25, 0.3) is 0 Å². The van der Waals surface area contributed by atoms with E-state index in [0.717, 1.165) is 5.56 Å². The summed E-state index contributed by atoms with van der Waals surface area (Å²) >= 11 is 0. The van der Waals surface area contributed by atoms with Crippen LogP contribution >= 0.6 is 0 Å². The summed E-state index contributed by atoms with van der Waals surface area (Å²) in [5, 5.41) is 16.2. The molecule has 0 atom stereocenters. The molecule has 4 nitrogen and oxygen atoms in total. The maximum atomic E-state index is 8.27. The summed E-state index contributed by atoms with van der Waals surface area (Å²) in [5.74, 6) is 0. The minimum absolute atomic E-state index is 0.515. The quantitative estimate of drug-likeness (QED) is 0.508. The van der Waals surface area contributed by atoms with Crippen LogP contribution in [-0.4, -0.2) is 5.21 Å². The third kappa shape index (κ3) is 4.94. The number of benzene rings is 1. The Kier molecular flexibility index (Phi) is 6.08. The van der Waals surface area contributed by atoms with Gasteiger partial charge in [-0.2, -0.15) is 5.26 Å². The van der Waals surface area contributed by atoms with Crippen molar-refractivity contribution in [2.45, 2.75) is 6.42 Å². The highest BCUT2D eigenvalue weighted by Crippen LogP contribution is 1.96. The molecule has 1 aromatic carbocycles. The van der Waals surface area contributed by atoms with E-state index in [-0.39, 0.29) is 0 Å². The average molecular weight is 164 g/mol. The number of hydrogen-bond donors (Lipinski definition) is 1. The van der Waals surface area contributed by atoms with Crippen molar-refractivity contribution in [3.8, 4) is 6.07 Å². The summed E-state index contributed by atoms with van der Waals surface area (Å²) in [6.07, 6.45) is 0.515. The monoisotopic (exact) mass is 164 g/mol. The van der Waals surface area contributed by atoms with Crippen LogP contribution in [0.5, 0.6) is 0 Å². The molecule has 1 aromatic rings. The molecular formula is C8H8N2O2. The second kappa shape index (κ2) is 7.22. The van der Waals surface area contributed by atoms with E-state index < -0.39 is 0 Å². The van der Waals surface area contributed by atoms with E-state index in [1.807, 2.05) is 30.3 Å². The van der Waals surface area contributed by atoms with E-state index in [9.17, 15) is 0 Å². The second-order valence-corrected chi connectivity index (χ2v) is 1.90. The number of rotatable bonds is 1. The van der Waals surface area contributed by atoms with Crippen molar-refractivity contribution >= 4 is 0 Å². The Labute approximate surface area is 70.0 Å². The summed E-state index contributed by atoms with van der Waals surface area (Å²) in [6, 6.07) is 11.8. The molecule has 0 fully saturated rings. The van der Waals surface area contributed by atoms with Crippen LogP contribution in [0.4, 0.5) is 0 Å². The smallest absolute Gasteiger partial charge is 0.152 e. The fourth-order valence-corrected chi connectivity index (χ4v) is 0.687. The highest BCUT2D eigenvalue weighted by molar-refractivity contribution is 5.17. The van der Waals surface area contributed by atoms with Crippen LogP contribution in [0.25, 0.3) is 0 Å². The van der Waals surface area contributed by atoms with E-state index in [4.69, 9.17) is 15.4 Å². The molecule has 0 heterocycles. The van der Waals surface area contributed by atoms with Crippen LogP contribution in [-0.2, 0) is 6.42 Å². The third-order valence-corrected chi connectivity index (χ3v) is 1.13. The van der Waals surface area contributed by atoms with E-state index >= 15 is 0 Å². The highest BCUT2D eigenvalue weighted by Gasteiger charge is 1.84. The fourth-order valence-electron chi connectivity index (χ4n) is 0.687. The van der Waals surface area contributed by atoms with Gasteiger partial charge in [0.15, 0.2) is 5.34 Å². The van der Waals surface area contributed by atoms with Crippen LogP contribution in [0, 0.1) is 16.2 Å². The topological polar surface area (TPSA) is 73.5 Å². The first kappa shape index (κ1) is 10.1. The Hall–Kier alpha value is -1.89. The Morgan fingerprint density at radius 2 is 1.92 bits per heavy atom. The molecule has 0 saturated carbocycles. The summed E-state index contributed by atoms with van der Waals surface area (Å²) in [6.45, 7) is 0. The normalized spacial score (nSPS) is 7.25. The Balaban J connectivity index is 0.000000354. The van der Waals surface area contributed by atoms with Gasteiger partial charge in [0.1, 0.15) is 0 Å². The van der Waals surface area contributed by atoms with Gasteiger partial charge in [-0.3, -0.25) is 0 Å². The van der Waals surface area contributed by atoms with Gasteiger partial charge >= 0.3 is 0 Å². The highest BCUT2D eigenvalue weighted by atomic mass is 16.6. The first-order chi connectivity index (χ1) is 5.85. The Morgan fingerprint density at radius 1 is 1.42 bits per heavy atom.